The third kappa shape index (κ3) is 2.78. The topological polar surface area (TPSA) is 67.8 Å². The minimum Gasteiger partial charge on any atom is -0.296 e. The van der Waals surface area contributed by atoms with Gasteiger partial charge in [0.2, 0.25) is 5.13 Å². The van der Waals surface area contributed by atoms with Crippen molar-refractivity contribution in [2.24, 2.45) is 0 Å². The zero-order chi connectivity index (χ0) is 12.4. The summed E-state index contributed by atoms with van der Waals surface area (Å²) in [5.74, 6) is -0.335. The fourth-order valence-corrected chi connectivity index (χ4v) is 2.08. The summed E-state index contributed by atoms with van der Waals surface area (Å²) in [6.45, 7) is 3.62. The summed E-state index contributed by atoms with van der Waals surface area (Å²) in [6, 6.07) is 1.64. The van der Waals surface area contributed by atoms with Crippen molar-refractivity contribution in [2.45, 2.75) is 13.8 Å². The lowest BCUT2D eigenvalue weighted by molar-refractivity contribution is 0.102. The predicted molar refractivity (Wildman–Crippen MR) is 66.6 cm³/mol. The molecule has 0 unspecified atom stereocenters. The Morgan fingerprint density at radius 2 is 2.18 bits per heavy atom. The molecule has 0 saturated heterocycles. The summed E-state index contributed by atoms with van der Waals surface area (Å²) in [5.41, 5.74) is 1.09. The Bertz CT molecular complexity index is 569. The number of pyridine rings is 1. The van der Waals surface area contributed by atoms with Crippen molar-refractivity contribution in [2.75, 3.05) is 5.32 Å². The van der Waals surface area contributed by atoms with Crippen LogP contribution < -0.4 is 5.32 Å². The molecule has 17 heavy (non-hydrogen) atoms. The Balaban J connectivity index is 2.20. The number of rotatable bonds is 2. The standard InChI is InChI=1S/C10H9ClN4OS/c1-5-3-8(11)7(4-12-5)9(16)13-10-15-14-6(2)17-10/h3-4H,1-2H3,(H,13,15,16). The molecular weight excluding hydrogens is 260 g/mol. The number of aryl methyl sites for hydroxylation is 2. The maximum Gasteiger partial charge on any atom is 0.260 e. The zero-order valence-corrected chi connectivity index (χ0v) is 10.8. The van der Waals surface area contributed by atoms with Crippen molar-refractivity contribution in [1.82, 2.24) is 15.2 Å². The van der Waals surface area contributed by atoms with E-state index in [0.717, 1.165) is 10.7 Å². The molecule has 7 heteroatoms. The molecule has 0 atom stereocenters. The Kier molecular flexibility index (Phi) is 3.35. The van der Waals surface area contributed by atoms with E-state index in [1.54, 1.807) is 6.07 Å². The summed E-state index contributed by atoms with van der Waals surface area (Å²) < 4.78 is 0. The fraction of sp³-hybridized carbons (Fsp3) is 0.200. The number of nitrogens with one attached hydrogen (secondary N) is 1. The van der Waals surface area contributed by atoms with Crippen LogP contribution in [0.2, 0.25) is 5.02 Å². The molecule has 1 N–H and O–H groups in total. The third-order valence-electron chi connectivity index (χ3n) is 1.98. The van der Waals surface area contributed by atoms with Crippen LogP contribution in [-0.2, 0) is 0 Å². The van der Waals surface area contributed by atoms with E-state index >= 15 is 0 Å². The van der Waals surface area contributed by atoms with Crippen molar-refractivity contribution in [3.63, 3.8) is 0 Å². The second kappa shape index (κ2) is 4.77. The lowest BCUT2D eigenvalue weighted by Crippen LogP contribution is -2.12. The van der Waals surface area contributed by atoms with Crippen LogP contribution in [0, 0.1) is 13.8 Å². The van der Waals surface area contributed by atoms with Gasteiger partial charge in [-0.05, 0) is 19.9 Å². The molecule has 1 amide bonds. The average Bonchev–Trinajstić information content (AvgIpc) is 2.63. The van der Waals surface area contributed by atoms with E-state index < -0.39 is 0 Å². The number of anilines is 1. The highest BCUT2D eigenvalue weighted by molar-refractivity contribution is 7.15. The molecular formula is C10H9ClN4OS. The highest BCUT2D eigenvalue weighted by atomic mass is 35.5. The lowest BCUT2D eigenvalue weighted by atomic mass is 10.2. The molecule has 0 aliphatic rings. The first-order chi connectivity index (χ1) is 8.06. The fourth-order valence-electron chi connectivity index (χ4n) is 1.21. The monoisotopic (exact) mass is 268 g/mol. The Morgan fingerprint density at radius 3 is 2.76 bits per heavy atom. The van der Waals surface area contributed by atoms with Gasteiger partial charge >= 0.3 is 0 Å². The van der Waals surface area contributed by atoms with Crippen LogP contribution in [0.3, 0.4) is 0 Å². The highest BCUT2D eigenvalue weighted by Crippen LogP contribution is 2.19. The quantitative estimate of drug-likeness (QED) is 0.908. The lowest BCUT2D eigenvalue weighted by Gasteiger charge is -2.03. The third-order valence-corrected chi connectivity index (χ3v) is 3.05. The van der Waals surface area contributed by atoms with Gasteiger partial charge in [-0.25, -0.2) is 0 Å². The number of carbonyl (C=O) groups excluding carboxylic acids is 1. The van der Waals surface area contributed by atoms with E-state index in [-0.39, 0.29) is 5.91 Å². The number of aromatic nitrogens is 3. The van der Waals surface area contributed by atoms with Crippen molar-refractivity contribution < 1.29 is 4.79 Å². The molecule has 5 nitrogen and oxygen atoms in total. The summed E-state index contributed by atoms with van der Waals surface area (Å²) in [4.78, 5) is 15.9. The van der Waals surface area contributed by atoms with E-state index in [1.807, 2.05) is 13.8 Å². The minimum absolute atomic E-state index is 0.324. The van der Waals surface area contributed by atoms with Gasteiger partial charge in [-0.2, -0.15) is 0 Å². The van der Waals surface area contributed by atoms with Gasteiger partial charge in [-0.1, -0.05) is 22.9 Å². The van der Waals surface area contributed by atoms with Gasteiger partial charge in [0, 0.05) is 11.9 Å². The summed E-state index contributed by atoms with van der Waals surface area (Å²) >= 11 is 7.26. The molecule has 0 aliphatic carbocycles. The molecule has 0 aliphatic heterocycles. The molecule has 0 saturated carbocycles. The van der Waals surface area contributed by atoms with Crippen LogP contribution in [0.15, 0.2) is 12.3 Å². The molecule has 0 bridgehead atoms. The number of hydrogen-bond acceptors (Lipinski definition) is 5. The smallest absolute Gasteiger partial charge is 0.260 e. The Labute approximate surface area is 107 Å². The van der Waals surface area contributed by atoms with Gasteiger partial charge in [-0.3, -0.25) is 15.1 Å². The van der Waals surface area contributed by atoms with Gasteiger partial charge < -0.3 is 0 Å². The first-order valence-electron chi connectivity index (χ1n) is 4.80. The second-order valence-corrected chi connectivity index (χ2v) is 4.97. The number of nitrogens with zero attached hydrogens (tertiary/aromatic N) is 3. The molecule has 2 heterocycles. The van der Waals surface area contributed by atoms with E-state index in [4.69, 9.17) is 11.6 Å². The Morgan fingerprint density at radius 1 is 1.41 bits per heavy atom. The largest absolute Gasteiger partial charge is 0.296 e. The van der Waals surface area contributed by atoms with E-state index in [9.17, 15) is 4.79 Å². The molecule has 0 fully saturated rings. The Hall–Kier alpha value is -1.53. The van der Waals surface area contributed by atoms with Gasteiger partial charge in [0.05, 0.1) is 10.6 Å². The van der Waals surface area contributed by atoms with Crippen molar-refractivity contribution in [1.29, 1.82) is 0 Å². The average molecular weight is 269 g/mol. The number of hydrogen-bond donors (Lipinski definition) is 1. The molecule has 2 aromatic heterocycles. The van der Waals surface area contributed by atoms with Gasteiger partial charge in [0.25, 0.3) is 5.91 Å². The summed E-state index contributed by atoms with van der Waals surface area (Å²) in [7, 11) is 0. The maximum atomic E-state index is 11.9. The highest BCUT2D eigenvalue weighted by Gasteiger charge is 2.13. The molecule has 2 rings (SSSR count). The summed E-state index contributed by atoms with van der Waals surface area (Å²) in [5, 5.41) is 11.8. The first kappa shape index (κ1) is 11.9. The normalized spacial score (nSPS) is 10.3. The maximum absolute atomic E-state index is 11.9. The predicted octanol–water partition coefficient (Wildman–Crippen LogP) is 2.46. The van der Waals surface area contributed by atoms with E-state index in [1.165, 1.54) is 17.5 Å². The number of halogens is 1. The molecule has 2 aromatic rings. The zero-order valence-electron chi connectivity index (χ0n) is 9.19. The van der Waals surface area contributed by atoms with Crippen molar-refractivity contribution in [3.8, 4) is 0 Å². The molecule has 0 radical (unpaired) electrons. The van der Waals surface area contributed by atoms with Crippen LogP contribution >= 0.6 is 22.9 Å². The van der Waals surface area contributed by atoms with Gasteiger partial charge in [0.15, 0.2) is 0 Å². The van der Waals surface area contributed by atoms with Crippen LogP contribution in [0.4, 0.5) is 5.13 Å². The minimum atomic E-state index is -0.335. The van der Waals surface area contributed by atoms with Gasteiger partial charge in [-0.15, -0.1) is 10.2 Å². The molecule has 88 valence electrons. The number of amides is 1. The molecule has 0 aromatic carbocycles. The SMILES string of the molecule is Cc1cc(Cl)c(C(=O)Nc2nnc(C)s2)cn1. The first-order valence-corrected chi connectivity index (χ1v) is 5.99. The van der Waals surface area contributed by atoms with E-state index in [0.29, 0.717) is 15.7 Å². The van der Waals surface area contributed by atoms with Crippen LogP contribution in [0.25, 0.3) is 0 Å². The second-order valence-electron chi connectivity index (χ2n) is 3.39. The number of carbonyl (C=O) groups is 1. The van der Waals surface area contributed by atoms with Crippen LogP contribution in [-0.4, -0.2) is 21.1 Å². The molecule has 0 spiro atoms. The van der Waals surface area contributed by atoms with Crippen molar-refractivity contribution in [3.05, 3.63) is 33.6 Å². The van der Waals surface area contributed by atoms with Crippen LogP contribution in [0.5, 0.6) is 0 Å². The summed E-state index contributed by atoms with van der Waals surface area (Å²) in [6.07, 6.45) is 1.45. The van der Waals surface area contributed by atoms with E-state index in [2.05, 4.69) is 20.5 Å². The van der Waals surface area contributed by atoms with Crippen LogP contribution in [0.1, 0.15) is 21.1 Å². The van der Waals surface area contributed by atoms with Crippen molar-refractivity contribution >= 4 is 34.0 Å². The van der Waals surface area contributed by atoms with Gasteiger partial charge in [0.1, 0.15) is 5.01 Å².